The van der Waals surface area contributed by atoms with Gasteiger partial charge in [-0.2, -0.15) is 13.2 Å². The van der Waals surface area contributed by atoms with Crippen molar-refractivity contribution in [1.82, 2.24) is 10.2 Å². The molecule has 0 saturated heterocycles. The van der Waals surface area contributed by atoms with Crippen LogP contribution in [0.4, 0.5) is 18.3 Å². The second-order valence-electron chi connectivity index (χ2n) is 6.50. The number of hydrogen-bond donors (Lipinski definition) is 1. The molecule has 0 bridgehead atoms. The Morgan fingerprint density at radius 2 is 1.54 bits per heavy atom. The molecular weight excluding hydrogens is 411 g/mol. The second-order valence-corrected chi connectivity index (χ2v) is 9.13. The molecule has 1 aromatic heterocycles. The van der Waals surface area contributed by atoms with E-state index >= 15 is 0 Å². The minimum Gasteiger partial charge on any atom is -0.253 e. The number of rotatable bonds is 5. The second kappa shape index (κ2) is 7.17. The Hall–Kier alpha value is -2.46. The number of hydrogen-bond acceptors (Lipinski definition) is 5. The van der Waals surface area contributed by atoms with Crippen LogP contribution in [0.2, 0.25) is 0 Å². The molecule has 0 fully saturated rings. The number of sulfonamides is 1. The monoisotopic (exact) mass is 427 g/mol. The molecule has 0 aliphatic heterocycles. The van der Waals surface area contributed by atoms with Gasteiger partial charge in [0.2, 0.25) is 5.13 Å². The van der Waals surface area contributed by atoms with E-state index in [9.17, 15) is 21.6 Å². The first-order chi connectivity index (χ1) is 13.0. The first-order valence-corrected chi connectivity index (χ1v) is 10.4. The number of aromatic nitrogens is 2. The van der Waals surface area contributed by atoms with Gasteiger partial charge in [0.15, 0.2) is 0 Å². The molecule has 0 aliphatic carbocycles. The highest BCUT2D eigenvalue weighted by Gasteiger charge is 2.37. The van der Waals surface area contributed by atoms with E-state index in [-0.39, 0.29) is 5.13 Å². The highest BCUT2D eigenvalue weighted by atomic mass is 32.2. The Kier molecular flexibility index (Phi) is 5.20. The topological polar surface area (TPSA) is 72.0 Å². The van der Waals surface area contributed by atoms with Crippen LogP contribution in [0.3, 0.4) is 0 Å². The van der Waals surface area contributed by atoms with E-state index in [1.807, 2.05) is 44.2 Å². The van der Waals surface area contributed by atoms with Crippen LogP contribution in [0.25, 0.3) is 0 Å². The maximum atomic E-state index is 13.1. The van der Waals surface area contributed by atoms with E-state index in [4.69, 9.17) is 0 Å². The normalized spacial score (nSPS) is 12.8. The third-order valence-electron chi connectivity index (χ3n) is 4.16. The van der Waals surface area contributed by atoms with Gasteiger partial charge >= 0.3 is 6.18 Å². The first kappa shape index (κ1) is 20.3. The van der Waals surface area contributed by atoms with E-state index in [0.717, 1.165) is 35.1 Å². The average molecular weight is 427 g/mol. The van der Waals surface area contributed by atoms with Gasteiger partial charge in [0.05, 0.1) is 10.5 Å². The number of halogens is 3. The number of benzene rings is 2. The Morgan fingerprint density at radius 1 is 0.929 bits per heavy atom. The van der Waals surface area contributed by atoms with Crippen molar-refractivity contribution < 1.29 is 21.6 Å². The lowest BCUT2D eigenvalue weighted by Gasteiger charge is -2.21. The highest BCUT2D eigenvalue weighted by Crippen LogP contribution is 2.37. The summed E-state index contributed by atoms with van der Waals surface area (Å²) in [6.45, 7) is 3.81. The van der Waals surface area contributed by atoms with Crippen LogP contribution in [0.1, 0.15) is 30.0 Å². The zero-order chi connectivity index (χ0) is 20.6. The maximum absolute atomic E-state index is 13.1. The fourth-order valence-corrected chi connectivity index (χ4v) is 4.93. The number of nitrogens with one attached hydrogen (secondary N) is 1. The molecule has 2 aromatic carbocycles. The molecule has 0 saturated carbocycles. The van der Waals surface area contributed by atoms with Gasteiger partial charge < -0.3 is 0 Å². The van der Waals surface area contributed by atoms with Gasteiger partial charge in [0.25, 0.3) is 10.0 Å². The summed E-state index contributed by atoms with van der Waals surface area (Å²) in [6.07, 6.45) is -4.80. The Labute approximate surface area is 164 Å². The van der Waals surface area contributed by atoms with Crippen molar-refractivity contribution >= 4 is 26.5 Å². The minimum atomic E-state index is -4.80. The summed E-state index contributed by atoms with van der Waals surface area (Å²) in [6, 6.07) is 13.4. The van der Waals surface area contributed by atoms with Crippen molar-refractivity contribution in [3.8, 4) is 0 Å². The number of alkyl halides is 3. The van der Waals surface area contributed by atoms with Crippen LogP contribution in [0.5, 0.6) is 0 Å². The van der Waals surface area contributed by atoms with Crippen molar-refractivity contribution in [3.63, 3.8) is 0 Å². The van der Waals surface area contributed by atoms with Gasteiger partial charge in [-0.05, 0) is 31.5 Å². The van der Waals surface area contributed by atoms with Gasteiger partial charge in [-0.1, -0.05) is 53.8 Å². The summed E-state index contributed by atoms with van der Waals surface area (Å²) in [5, 5.41) is 8.27. The summed E-state index contributed by atoms with van der Waals surface area (Å²) < 4.78 is 66.6. The van der Waals surface area contributed by atoms with Crippen LogP contribution in [-0.4, -0.2) is 18.6 Å². The van der Waals surface area contributed by atoms with Crippen LogP contribution in [0, 0.1) is 0 Å². The van der Waals surface area contributed by atoms with Crippen molar-refractivity contribution in [2.24, 2.45) is 0 Å². The molecule has 0 atom stereocenters. The molecule has 0 unspecified atom stereocenters. The summed E-state index contributed by atoms with van der Waals surface area (Å²) in [5.41, 5.74) is -0.841. The van der Waals surface area contributed by atoms with Crippen molar-refractivity contribution in [3.05, 3.63) is 70.7 Å². The van der Waals surface area contributed by atoms with Crippen LogP contribution in [0.15, 0.2) is 59.5 Å². The van der Waals surface area contributed by atoms with Gasteiger partial charge in [0.1, 0.15) is 5.01 Å². The quantitative estimate of drug-likeness (QED) is 0.642. The number of anilines is 1. The largest absolute Gasteiger partial charge is 0.417 e. The summed E-state index contributed by atoms with van der Waals surface area (Å²) >= 11 is 0.976. The lowest BCUT2D eigenvalue weighted by Crippen LogP contribution is -2.19. The third-order valence-corrected chi connectivity index (χ3v) is 6.85. The standard InChI is InChI=1S/C18H16F3N3O2S2/c1-17(2,12-8-4-3-5-9-12)15-22-23-16(27-15)24-28(25,26)14-11-7-6-10-13(14)18(19,20)21/h3-11H,1-2H3,(H,23,24). The van der Waals surface area contributed by atoms with Gasteiger partial charge in [-0.25, -0.2) is 8.42 Å². The highest BCUT2D eigenvalue weighted by molar-refractivity contribution is 7.93. The zero-order valence-corrected chi connectivity index (χ0v) is 16.5. The molecule has 1 N–H and O–H groups in total. The van der Waals surface area contributed by atoms with Gasteiger partial charge in [-0.3, -0.25) is 4.72 Å². The molecule has 3 aromatic rings. The van der Waals surface area contributed by atoms with Crippen molar-refractivity contribution in [2.75, 3.05) is 4.72 Å². The van der Waals surface area contributed by atoms with Crippen LogP contribution >= 0.6 is 11.3 Å². The molecule has 1 heterocycles. The van der Waals surface area contributed by atoms with E-state index in [1.54, 1.807) is 0 Å². The third kappa shape index (κ3) is 4.02. The Balaban J connectivity index is 1.92. The Morgan fingerprint density at radius 3 is 2.18 bits per heavy atom. The maximum Gasteiger partial charge on any atom is 0.417 e. The molecule has 0 amide bonds. The van der Waals surface area contributed by atoms with Crippen molar-refractivity contribution in [2.45, 2.75) is 30.3 Å². The molecule has 0 spiro atoms. The van der Waals surface area contributed by atoms with Gasteiger partial charge in [-0.15, -0.1) is 10.2 Å². The fraction of sp³-hybridized carbons (Fsp3) is 0.222. The molecule has 28 heavy (non-hydrogen) atoms. The number of nitrogens with zero attached hydrogens (tertiary/aromatic N) is 2. The predicted molar refractivity (Wildman–Crippen MR) is 101 cm³/mol. The zero-order valence-electron chi connectivity index (χ0n) is 14.9. The Bertz CT molecular complexity index is 1080. The molecule has 10 heteroatoms. The first-order valence-electron chi connectivity index (χ1n) is 8.10. The van der Waals surface area contributed by atoms with E-state index in [0.29, 0.717) is 5.01 Å². The summed E-state index contributed by atoms with van der Waals surface area (Å²) in [4.78, 5) is -0.860. The van der Waals surface area contributed by atoms with E-state index in [2.05, 4.69) is 14.9 Å². The lowest BCUT2D eigenvalue weighted by molar-refractivity contribution is -0.139. The van der Waals surface area contributed by atoms with Gasteiger partial charge in [0, 0.05) is 5.41 Å². The average Bonchev–Trinajstić information content (AvgIpc) is 3.10. The molecular formula is C18H16F3N3O2S2. The van der Waals surface area contributed by atoms with E-state index < -0.39 is 32.1 Å². The molecule has 3 rings (SSSR count). The van der Waals surface area contributed by atoms with Crippen LogP contribution < -0.4 is 4.72 Å². The molecule has 148 valence electrons. The SMILES string of the molecule is CC(C)(c1ccccc1)c1nnc(NS(=O)(=O)c2ccccc2C(F)(F)F)s1. The summed E-state index contributed by atoms with van der Waals surface area (Å²) in [7, 11) is -4.49. The predicted octanol–water partition coefficient (Wildman–Crippen LogP) is 4.68. The van der Waals surface area contributed by atoms with E-state index in [1.165, 1.54) is 6.07 Å². The lowest BCUT2D eigenvalue weighted by atomic mass is 9.85. The molecule has 5 nitrogen and oxygen atoms in total. The minimum absolute atomic E-state index is 0.101. The van der Waals surface area contributed by atoms with Crippen molar-refractivity contribution in [1.29, 1.82) is 0 Å². The fourth-order valence-electron chi connectivity index (χ4n) is 2.60. The van der Waals surface area contributed by atoms with Crippen LogP contribution in [-0.2, 0) is 21.6 Å². The molecule has 0 aliphatic rings. The molecule has 0 radical (unpaired) electrons. The summed E-state index contributed by atoms with van der Waals surface area (Å²) in [5.74, 6) is 0. The smallest absolute Gasteiger partial charge is 0.253 e.